The molecule has 1 heterocycles. The smallest absolute Gasteiger partial charge is 0.408 e. The summed E-state index contributed by atoms with van der Waals surface area (Å²) in [7, 11) is 0. The minimum absolute atomic E-state index is 0.0323. The van der Waals surface area contributed by atoms with E-state index in [1.165, 1.54) is 18.3 Å². The number of amides is 1. The first-order valence-corrected chi connectivity index (χ1v) is 7.73. The molecule has 0 aliphatic rings. The minimum Gasteiger partial charge on any atom is -0.508 e. The summed E-state index contributed by atoms with van der Waals surface area (Å²) in [5.74, 6) is -0.401. The van der Waals surface area contributed by atoms with E-state index in [0.717, 1.165) is 10.2 Å². The van der Waals surface area contributed by atoms with Gasteiger partial charge in [-0.1, -0.05) is 30.3 Å². The maximum atomic E-state index is 12.5. The number of nitrogens with zero attached hydrogens (tertiary/aromatic N) is 2. The third-order valence-corrected chi connectivity index (χ3v) is 3.68. The third kappa shape index (κ3) is 3.77. The molecule has 0 radical (unpaired) electrons. The Morgan fingerprint density at radius 2 is 2.00 bits per heavy atom. The van der Waals surface area contributed by atoms with Gasteiger partial charge in [0.2, 0.25) is 0 Å². The van der Waals surface area contributed by atoms with Crippen molar-refractivity contribution in [2.75, 3.05) is 0 Å². The molecular weight excluding hydrogens is 322 g/mol. The molecule has 0 bridgehead atoms. The number of aromatic hydroxyl groups is 1. The van der Waals surface area contributed by atoms with Crippen molar-refractivity contribution in [2.24, 2.45) is 0 Å². The summed E-state index contributed by atoms with van der Waals surface area (Å²) < 4.78 is 6.25. The number of fused-ring (bicyclic) bond motifs is 1. The van der Waals surface area contributed by atoms with Crippen LogP contribution in [0.1, 0.15) is 17.3 Å². The molecule has 3 rings (SSSR count). The summed E-state index contributed by atoms with van der Waals surface area (Å²) >= 11 is 0. The summed E-state index contributed by atoms with van der Waals surface area (Å²) in [4.78, 5) is 24.4. The van der Waals surface area contributed by atoms with E-state index in [2.05, 4.69) is 10.4 Å². The Balaban J connectivity index is 1.63. The Bertz CT molecular complexity index is 905. The second-order valence-corrected chi connectivity index (χ2v) is 5.57. The van der Waals surface area contributed by atoms with Gasteiger partial charge in [0.25, 0.3) is 5.91 Å². The van der Waals surface area contributed by atoms with Crippen molar-refractivity contribution < 1.29 is 19.4 Å². The van der Waals surface area contributed by atoms with Gasteiger partial charge in [-0.25, -0.2) is 4.79 Å². The van der Waals surface area contributed by atoms with E-state index < -0.39 is 18.0 Å². The van der Waals surface area contributed by atoms with Crippen molar-refractivity contribution in [1.29, 1.82) is 0 Å². The van der Waals surface area contributed by atoms with Crippen molar-refractivity contribution in [3.63, 3.8) is 0 Å². The molecule has 128 valence electrons. The van der Waals surface area contributed by atoms with Crippen LogP contribution >= 0.6 is 0 Å². The third-order valence-electron chi connectivity index (χ3n) is 3.68. The van der Waals surface area contributed by atoms with Crippen molar-refractivity contribution >= 4 is 22.9 Å². The first-order chi connectivity index (χ1) is 12.0. The molecule has 0 spiro atoms. The van der Waals surface area contributed by atoms with Gasteiger partial charge in [0.05, 0.1) is 11.7 Å². The second kappa shape index (κ2) is 7.04. The lowest BCUT2D eigenvalue weighted by molar-refractivity contribution is 0.0837. The molecule has 1 aromatic heterocycles. The van der Waals surface area contributed by atoms with E-state index >= 15 is 0 Å². The molecule has 7 heteroatoms. The average molecular weight is 339 g/mol. The number of hydrogen-bond acceptors (Lipinski definition) is 5. The monoisotopic (exact) mass is 339 g/mol. The number of alkyl carbamates (subject to hydrolysis) is 1. The zero-order chi connectivity index (χ0) is 17.8. The van der Waals surface area contributed by atoms with Gasteiger partial charge >= 0.3 is 6.09 Å². The molecule has 3 aromatic rings. The largest absolute Gasteiger partial charge is 0.508 e. The van der Waals surface area contributed by atoms with Gasteiger partial charge in [-0.2, -0.15) is 9.78 Å². The van der Waals surface area contributed by atoms with Gasteiger partial charge in [-0.05, 0) is 24.6 Å². The van der Waals surface area contributed by atoms with Gasteiger partial charge in [-0.15, -0.1) is 0 Å². The van der Waals surface area contributed by atoms with Gasteiger partial charge < -0.3 is 15.2 Å². The van der Waals surface area contributed by atoms with Crippen LogP contribution in [0.3, 0.4) is 0 Å². The van der Waals surface area contributed by atoms with Gasteiger partial charge in [0.15, 0.2) is 0 Å². The van der Waals surface area contributed by atoms with Crippen molar-refractivity contribution in [3.8, 4) is 5.75 Å². The lowest BCUT2D eigenvalue weighted by Crippen LogP contribution is -2.41. The highest BCUT2D eigenvalue weighted by Crippen LogP contribution is 2.19. The molecule has 25 heavy (non-hydrogen) atoms. The van der Waals surface area contributed by atoms with Gasteiger partial charge in [-0.3, -0.25) is 4.79 Å². The fourth-order valence-corrected chi connectivity index (χ4v) is 2.37. The molecule has 0 saturated carbocycles. The number of phenolic OH excluding ortho intramolecular Hbond substituents is 1. The number of carbonyl (C=O) groups excluding carboxylic acids is 2. The fraction of sp³-hybridized carbons (Fsp3) is 0.167. The van der Waals surface area contributed by atoms with Crippen molar-refractivity contribution in [1.82, 2.24) is 15.1 Å². The van der Waals surface area contributed by atoms with E-state index in [9.17, 15) is 14.7 Å². The molecule has 0 aliphatic heterocycles. The SMILES string of the molecule is C[C@H](NC(=O)OCc1ccccc1)C(=O)n1ncc2ccc(O)cc21. The standard InChI is InChI=1S/C18H17N3O4/c1-12(20-18(24)25-11-13-5-3-2-4-6-13)17(23)21-16-9-15(22)8-7-14(16)10-19-21/h2-10,12,22H,11H2,1H3,(H,20,24)/t12-/m0/s1. The highest BCUT2D eigenvalue weighted by atomic mass is 16.5. The van der Waals surface area contributed by atoms with Crippen LogP contribution in [0.25, 0.3) is 10.9 Å². The zero-order valence-electron chi connectivity index (χ0n) is 13.5. The summed E-state index contributed by atoms with van der Waals surface area (Å²) in [6, 6.07) is 13.0. The first-order valence-electron chi connectivity index (χ1n) is 7.73. The normalized spacial score (nSPS) is 11.9. The predicted molar refractivity (Wildman–Crippen MR) is 91.2 cm³/mol. The quantitative estimate of drug-likeness (QED) is 0.762. The van der Waals surface area contributed by atoms with Crippen molar-refractivity contribution in [2.45, 2.75) is 19.6 Å². The molecule has 0 saturated heterocycles. The van der Waals surface area contributed by atoms with E-state index in [1.54, 1.807) is 13.0 Å². The lowest BCUT2D eigenvalue weighted by atomic mass is 10.2. The second-order valence-electron chi connectivity index (χ2n) is 5.57. The molecule has 1 atom stereocenters. The lowest BCUT2D eigenvalue weighted by Gasteiger charge is -2.13. The zero-order valence-corrected chi connectivity index (χ0v) is 13.5. The predicted octanol–water partition coefficient (Wildman–Crippen LogP) is 2.70. The Labute approximate surface area is 143 Å². The van der Waals surface area contributed by atoms with Crippen molar-refractivity contribution in [3.05, 3.63) is 60.3 Å². The van der Waals surface area contributed by atoms with Crippen LogP contribution in [0.15, 0.2) is 54.7 Å². The van der Waals surface area contributed by atoms with Crippen LogP contribution in [-0.4, -0.2) is 32.9 Å². The topological polar surface area (TPSA) is 93.5 Å². The van der Waals surface area contributed by atoms with Crippen LogP contribution in [-0.2, 0) is 11.3 Å². The maximum absolute atomic E-state index is 12.5. The van der Waals surface area contributed by atoms with Crippen LogP contribution in [0.5, 0.6) is 5.75 Å². The molecule has 1 amide bonds. The molecule has 0 aliphatic carbocycles. The van der Waals surface area contributed by atoms with E-state index in [4.69, 9.17) is 4.74 Å². The van der Waals surface area contributed by atoms with Gasteiger partial charge in [0, 0.05) is 11.5 Å². The Morgan fingerprint density at radius 3 is 2.76 bits per heavy atom. The summed E-state index contributed by atoms with van der Waals surface area (Å²) in [5, 5.41) is 16.8. The summed E-state index contributed by atoms with van der Waals surface area (Å²) in [6.45, 7) is 1.66. The summed E-state index contributed by atoms with van der Waals surface area (Å²) in [6.07, 6.45) is 0.830. The van der Waals surface area contributed by atoms with Crippen LogP contribution in [0.4, 0.5) is 4.79 Å². The number of rotatable bonds is 4. The first kappa shape index (κ1) is 16.5. The Hall–Kier alpha value is -3.35. The highest BCUT2D eigenvalue weighted by molar-refractivity contribution is 5.95. The van der Waals surface area contributed by atoms with Gasteiger partial charge in [0.1, 0.15) is 18.4 Å². The maximum Gasteiger partial charge on any atom is 0.408 e. The number of phenols is 1. The average Bonchev–Trinajstić information content (AvgIpc) is 3.03. The van der Waals surface area contributed by atoms with E-state index in [0.29, 0.717) is 10.9 Å². The number of hydrogen-bond donors (Lipinski definition) is 2. The van der Waals surface area contributed by atoms with E-state index in [1.807, 2.05) is 30.3 Å². The number of benzene rings is 2. The number of ether oxygens (including phenoxy) is 1. The molecule has 7 nitrogen and oxygen atoms in total. The fourth-order valence-electron chi connectivity index (χ4n) is 2.37. The Kier molecular flexibility index (Phi) is 4.65. The summed E-state index contributed by atoms with van der Waals surface area (Å²) in [5.41, 5.74) is 1.32. The molecule has 0 fully saturated rings. The number of nitrogens with one attached hydrogen (secondary N) is 1. The molecule has 2 aromatic carbocycles. The minimum atomic E-state index is -0.839. The highest BCUT2D eigenvalue weighted by Gasteiger charge is 2.20. The molecular formula is C18H17N3O4. The van der Waals surface area contributed by atoms with E-state index in [-0.39, 0.29) is 12.4 Å². The van der Waals surface area contributed by atoms with Crippen LogP contribution in [0.2, 0.25) is 0 Å². The number of carbonyl (C=O) groups is 2. The molecule has 2 N–H and O–H groups in total. The Morgan fingerprint density at radius 1 is 1.24 bits per heavy atom. The van der Waals surface area contributed by atoms with Crippen LogP contribution < -0.4 is 5.32 Å². The number of aromatic nitrogens is 2. The van der Waals surface area contributed by atoms with Crippen LogP contribution in [0, 0.1) is 0 Å². The molecule has 0 unspecified atom stereocenters.